The summed E-state index contributed by atoms with van der Waals surface area (Å²) in [5.41, 5.74) is 0.720. The van der Waals surface area contributed by atoms with Crippen molar-refractivity contribution in [3.8, 4) is 0 Å². The first-order chi connectivity index (χ1) is 8.04. The Balaban J connectivity index is 2.34. The molecule has 1 aromatic carbocycles. The summed E-state index contributed by atoms with van der Waals surface area (Å²) >= 11 is 20.8. The molecule has 0 amide bonds. The number of halogens is 4. The predicted octanol–water partition coefficient (Wildman–Crippen LogP) is 4.94. The molecule has 88 valence electrons. The van der Waals surface area contributed by atoms with Crippen molar-refractivity contribution >= 4 is 62.2 Å². The van der Waals surface area contributed by atoms with E-state index in [1.165, 1.54) is 0 Å². The van der Waals surface area contributed by atoms with Crippen LogP contribution in [-0.2, 0) is 0 Å². The number of anilines is 2. The maximum atomic E-state index is 5.89. The monoisotopic (exact) mass is 351 g/mol. The zero-order chi connectivity index (χ0) is 12.4. The number of rotatable bonds is 2. The van der Waals surface area contributed by atoms with E-state index in [0.717, 1.165) is 5.69 Å². The third kappa shape index (κ3) is 3.45. The van der Waals surface area contributed by atoms with Crippen molar-refractivity contribution in [3.63, 3.8) is 0 Å². The lowest BCUT2D eigenvalue weighted by atomic mass is 10.3. The Morgan fingerprint density at radius 2 is 1.71 bits per heavy atom. The van der Waals surface area contributed by atoms with E-state index in [-0.39, 0.29) is 5.28 Å². The van der Waals surface area contributed by atoms with Crippen LogP contribution < -0.4 is 5.32 Å². The van der Waals surface area contributed by atoms with Crippen molar-refractivity contribution in [1.82, 2.24) is 9.97 Å². The van der Waals surface area contributed by atoms with Crippen LogP contribution >= 0.6 is 50.7 Å². The molecule has 2 rings (SSSR count). The third-order valence-electron chi connectivity index (χ3n) is 1.84. The van der Waals surface area contributed by atoms with Gasteiger partial charge in [0.15, 0.2) is 0 Å². The molecule has 0 spiro atoms. The SMILES string of the molecule is Clc1cc(Cl)cc(Nc2nc(Cl)ncc2Br)c1. The van der Waals surface area contributed by atoms with Crippen LogP contribution in [0.1, 0.15) is 0 Å². The highest BCUT2D eigenvalue weighted by Gasteiger charge is 2.05. The largest absolute Gasteiger partial charge is 0.339 e. The van der Waals surface area contributed by atoms with Gasteiger partial charge in [-0.1, -0.05) is 23.2 Å². The maximum absolute atomic E-state index is 5.89. The van der Waals surface area contributed by atoms with Gasteiger partial charge in [0.25, 0.3) is 0 Å². The minimum atomic E-state index is 0.156. The number of hydrogen-bond donors (Lipinski definition) is 1. The van der Waals surface area contributed by atoms with Gasteiger partial charge < -0.3 is 5.32 Å². The Morgan fingerprint density at radius 1 is 1.06 bits per heavy atom. The second-order valence-electron chi connectivity index (χ2n) is 3.12. The molecule has 1 aromatic heterocycles. The highest BCUT2D eigenvalue weighted by molar-refractivity contribution is 9.10. The molecule has 3 nitrogen and oxygen atoms in total. The van der Waals surface area contributed by atoms with Crippen LogP contribution in [0.25, 0.3) is 0 Å². The molecule has 0 atom stereocenters. The predicted molar refractivity (Wildman–Crippen MR) is 74.5 cm³/mol. The average molecular weight is 353 g/mol. The fraction of sp³-hybridized carbons (Fsp3) is 0. The first-order valence-corrected chi connectivity index (χ1v) is 6.38. The van der Waals surface area contributed by atoms with E-state index in [9.17, 15) is 0 Å². The molecule has 0 bridgehead atoms. The van der Waals surface area contributed by atoms with Crippen LogP contribution in [0, 0.1) is 0 Å². The van der Waals surface area contributed by atoms with E-state index < -0.39 is 0 Å². The molecule has 0 saturated heterocycles. The summed E-state index contributed by atoms with van der Waals surface area (Å²) in [6.07, 6.45) is 1.56. The van der Waals surface area contributed by atoms with Gasteiger partial charge >= 0.3 is 0 Å². The molecular weight excluding hydrogens is 348 g/mol. The number of nitrogens with zero attached hydrogens (tertiary/aromatic N) is 2. The van der Waals surface area contributed by atoms with Crippen molar-refractivity contribution in [2.75, 3.05) is 5.32 Å². The molecule has 0 saturated carbocycles. The Hall–Kier alpha value is -0.550. The highest BCUT2D eigenvalue weighted by Crippen LogP contribution is 2.28. The van der Waals surface area contributed by atoms with E-state index in [0.29, 0.717) is 20.3 Å². The van der Waals surface area contributed by atoms with Crippen LogP contribution in [0.5, 0.6) is 0 Å². The van der Waals surface area contributed by atoms with Gasteiger partial charge in [-0.3, -0.25) is 0 Å². The quantitative estimate of drug-likeness (QED) is 0.777. The van der Waals surface area contributed by atoms with Crippen molar-refractivity contribution in [2.45, 2.75) is 0 Å². The fourth-order valence-corrected chi connectivity index (χ4v) is 2.15. The van der Waals surface area contributed by atoms with Crippen molar-refractivity contribution in [2.24, 2.45) is 0 Å². The van der Waals surface area contributed by atoms with E-state index in [1.807, 2.05) is 0 Å². The highest BCUT2D eigenvalue weighted by atomic mass is 79.9. The standard InChI is InChI=1S/C10H5BrCl3N3/c11-8-4-15-10(14)17-9(8)16-7-2-5(12)1-6(13)3-7/h1-4H,(H,15,16,17). The molecule has 7 heteroatoms. The summed E-state index contributed by atoms with van der Waals surface area (Å²) in [4.78, 5) is 7.87. The van der Waals surface area contributed by atoms with Gasteiger partial charge in [0.05, 0.1) is 4.47 Å². The lowest BCUT2D eigenvalue weighted by molar-refractivity contribution is 1.15. The van der Waals surface area contributed by atoms with Gasteiger partial charge in [0.2, 0.25) is 5.28 Å². The second kappa shape index (κ2) is 5.40. The van der Waals surface area contributed by atoms with Crippen LogP contribution in [0.15, 0.2) is 28.9 Å². The molecule has 17 heavy (non-hydrogen) atoms. The van der Waals surface area contributed by atoms with Crippen molar-refractivity contribution < 1.29 is 0 Å². The second-order valence-corrected chi connectivity index (χ2v) is 5.18. The van der Waals surface area contributed by atoms with E-state index in [4.69, 9.17) is 34.8 Å². The maximum Gasteiger partial charge on any atom is 0.224 e. The molecule has 0 fully saturated rings. The molecule has 1 N–H and O–H groups in total. The summed E-state index contributed by atoms with van der Waals surface area (Å²) in [6, 6.07) is 5.11. The smallest absolute Gasteiger partial charge is 0.224 e. The van der Waals surface area contributed by atoms with Gasteiger partial charge in [0.1, 0.15) is 5.82 Å². The van der Waals surface area contributed by atoms with Crippen LogP contribution in [0.2, 0.25) is 15.3 Å². The van der Waals surface area contributed by atoms with Crippen molar-refractivity contribution in [1.29, 1.82) is 0 Å². The molecule has 1 heterocycles. The van der Waals surface area contributed by atoms with E-state index >= 15 is 0 Å². The van der Waals surface area contributed by atoms with Gasteiger partial charge in [-0.05, 0) is 45.7 Å². The average Bonchev–Trinajstić information content (AvgIpc) is 2.22. The molecule has 0 aliphatic carbocycles. The summed E-state index contributed by atoms with van der Waals surface area (Å²) in [5, 5.41) is 4.28. The van der Waals surface area contributed by atoms with E-state index in [2.05, 4.69) is 31.2 Å². The summed E-state index contributed by atoms with van der Waals surface area (Å²) in [5.74, 6) is 0.545. The molecule has 0 aliphatic heterocycles. The summed E-state index contributed by atoms with van der Waals surface area (Å²) in [6.45, 7) is 0. The Morgan fingerprint density at radius 3 is 2.35 bits per heavy atom. The van der Waals surface area contributed by atoms with Crippen LogP contribution in [0.3, 0.4) is 0 Å². The van der Waals surface area contributed by atoms with Gasteiger partial charge in [-0.25, -0.2) is 4.98 Å². The lowest BCUT2D eigenvalue weighted by Crippen LogP contribution is -1.96. The number of aromatic nitrogens is 2. The normalized spacial score (nSPS) is 10.4. The number of benzene rings is 1. The van der Waals surface area contributed by atoms with Crippen LogP contribution in [0.4, 0.5) is 11.5 Å². The zero-order valence-corrected chi connectivity index (χ0v) is 12.1. The molecular formula is C10H5BrCl3N3. The van der Waals surface area contributed by atoms with Crippen molar-refractivity contribution in [3.05, 3.63) is 44.2 Å². The minimum Gasteiger partial charge on any atom is -0.339 e. The minimum absolute atomic E-state index is 0.156. The molecule has 0 unspecified atom stereocenters. The van der Waals surface area contributed by atoms with Gasteiger partial charge in [-0.2, -0.15) is 4.98 Å². The fourth-order valence-electron chi connectivity index (χ4n) is 1.20. The third-order valence-corrected chi connectivity index (χ3v) is 3.04. The van der Waals surface area contributed by atoms with Crippen LogP contribution in [-0.4, -0.2) is 9.97 Å². The Labute approximate surface area is 121 Å². The number of nitrogens with one attached hydrogen (secondary N) is 1. The molecule has 0 aliphatic rings. The van der Waals surface area contributed by atoms with Gasteiger partial charge in [-0.15, -0.1) is 0 Å². The summed E-state index contributed by atoms with van der Waals surface area (Å²) < 4.78 is 0.693. The zero-order valence-electron chi connectivity index (χ0n) is 8.22. The Bertz CT molecular complexity index is 542. The summed E-state index contributed by atoms with van der Waals surface area (Å²) in [7, 11) is 0. The molecule has 0 radical (unpaired) electrons. The Kier molecular flexibility index (Phi) is 4.09. The van der Waals surface area contributed by atoms with Gasteiger partial charge in [0, 0.05) is 21.9 Å². The first kappa shape index (κ1) is 12.9. The number of hydrogen-bond acceptors (Lipinski definition) is 3. The lowest BCUT2D eigenvalue weighted by Gasteiger charge is -2.08. The molecule has 2 aromatic rings. The first-order valence-electron chi connectivity index (χ1n) is 4.46. The van der Waals surface area contributed by atoms with E-state index in [1.54, 1.807) is 24.4 Å². The topological polar surface area (TPSA) is 37.8 Å².